The summed E-state index contributed by atoms with van der Waals surface area (Å²) in [5.74, 6) is 1.36. The van der Waals surface area contributed by atoms with Crippen LogP contribution < -0.4 is 14.2 Å². The van der Waals surface area contributed by atoms with Crippen molar-refractivity contribution < 1.29 is 22.6 Å². The number of ether oxygens (including phenoxy) is 3. The van der Waals surface area contributed by atoms with Crippen molar-refractivity contribution in [3.05, 3.63) is 47.5 Å². The molecule has 2 aromatic rings. The van der Waals surface area contributed by atoms with Crippen LogP contribution >= 0.6 is 0 Å². The van der Waals surface area contributed by atoms with Crippen molar-refractivity contribution in [3.8, 4) is 17.2 Å². The van der Waals surface area contributed by atoms with Crippen molar-refractivity contribution in [2.75, 3.05) is 28.4 Å². The molecule has 0 amide bonds. The monoisotopic (exact) mass is 378 g/mol. The van der Waals surface area contributed by atoms with Crippen LogP contribution in [0.1, 0.15) is 11.1 Å². The average molecular weight is 378 g/mol. The van der Waals surface area contributed by atoms with Crippen molar-refractivity contribution in [2.24, 2.45) is 5.10 Å². The maximum absolute atomic E-state index is 12.6. The highest BCUT2D eigenvalue weighted by Gasteiger charge is 2.19. The SMILES string of the molecule is COc1cc(C=NN(C)S(=O)(=O)c2ccc(C)cc2)cc(OC)c1OC. The van der Waals surface area contributed by atoms with E-state index in [2.05, 4.69) is 5.10 Å². The summed E-state index contributed by atoms with van der Waals surface area (Å²) in [5.41, 5.74) is 1.58. The lowest BCUT2D eigenvalue weighted by molar-refractivity contribution is 0.324. The second-order valence-electron chi connectivity index (χ2n) is 5.46. The van der Waals surface area contributed by atoms with Crippen LogP contribution in [-0.2, 0) is 10.0 Å². The van der Waals surface area contributed by atoms with Crippen molar-refractivity contribution in [3.63, 3.8) is 0 Å². The van der Waals surface area contributed by atoms with Crippen molar-refractivity contribution in [1.29, 1.82) is 0 Å². The minimum absolute atomic E-state index is 0.174. The third-order valence-corrected chi connectivity index (χ3v) is 5.38. The number of nitrogens with zero attached hydrogens (tertiary/aromatic N) is 2. The van der Waals surface area contributed by atoms with Gasteiger partial charge in [0.05, 0.1) is 32.4 Å². The fourth-order valence-corrected chi connectivity index (χ4v) is 3.21. The summed E-state index contributed by atoms with van der Waals surface area (Å²) < 4.78 is 41.8. The number of hydrogen-bond acceptors (Lipinski definition) is 6. The molecule has 0 aliphatic rings. The molecule has 2 rings (SSSR count). The van der Waals surface area contributed by atoms with Crippen LogP contribution in [-0.4, -0.2) is 47.4 Å². The lowest BCUT2D eigenvalue weighted by atomic mass is 10.2. The van der Waals surface area contributed by atoms with Gasteiger partial charge in [-0.1, -0.05) is 17.7 Å². The normalized spacial score (nSPS) is 11.4. The molecule has 0 radical (unpaired) electrons. The van der Waals surface area contributed by atoms with Crippen LogP contribution in [0.25, 0.3) is 0 Å². The largest absolute Gasteiger partial charge is 0.493 e. The third kappa shape index (κ3) is 4.08. The zero-order valence-corrected chi connectivity index (χ0v) is 16.2. The van der Waals surface area contributed by atoms with E-state index in [0.29, 0.717) is 22.8 Å². The maximum atomic E-state index is 12.6. The number of hydrogen-bond donors (Lipinski definition) is 0. The van der Waals surface area contributed by atoms with Gasteiger partial charge in [0.15, 0.2) is 11.5 Å². The van der Waals surface area contributed by atoms with E-state index in [4.69, 9.17) is 14.2 Å². The van der Waals surface area contributed by atoms with Crippen molar-refractivity contribution in [2.45, 2.75) is 11.8 Å². The molecule has 0 unspecified atom stereocenters. The smallest absolute Gasteiger partial charge is 0.278 e. The quantitative estimate of drug-likeness (QED) is 0.547. The van der Waals surface area contributed by atoms with Gasteiger partial charge in [-0.25, -0.2) is 0 Å². The maximum Gasteiger partial charge on any atom is 0.278 e. The van der Waals surface area contributed by atoms with E-state index >= 15 is 0 Å². The first-order chi connectivity index (χ1) is 12.3. The molecule has 0 aliphatic heterocycles. The van der Waals surface area contributed by atoms with E-state index in [-0.39, 0.29) is 4.90 Å². The Morgan fingerprint density at radius 2 is 1.50 bits per heavy atom. The standard InChI is InChI=1S/C18H22N2O5S/c1-13-6-8-15(9-7-13)26(21,22)20(2)19-12-14-10-16(23-3)18(25-5)17(11-14)24-4/h6-12H,1-5H3. The first kappa shape index (κ1) is 19.6. The van der Waals surface area contributed by atoms with Gasteiger partial charge < -0.3 is 14.2 Å². The molecule has 140 valence electrons. The number of hydrazone groups is 1. The van der Waals surface area contributed by atoms with Gasteiger partial charge in [0.25, 0.3) is 10.0 Å². The summed E-state index contributed by atoms with van der Waals surface area (Å²) in [7, 11) is 2.18. The van der Waals surface area contributed by atoms with Gasteiger partial charge in [0, 0.05) is 12.6 Å². The average Bonchev–Trinajstić information content (AvgIpc) is 2.65. The molecular formula is C18H22N2O5S. The summed E-state index contributed by atoms with van der Waals surface area (Å²) >= 11 is 0. The zero-order valence-electron chi connectivity index (χ0n) is 15.4. The molecule has 0 saturated carbocycles. The highest BCUT2D eigenvalue weighted by atomic mass is 32.2. The molecule has 2 aromatic carbocycles. The first-order valence-electron chi connectivity index (χ1n) is 7.73. The van der Waals surface area contributed by atoms with Gasteiger partial charge >= 0.3 is 0 Å². The fraction of sp³-hybridized carbons (Fsp3) is 0.278. The number of aryl methyl sites for hydroxylation is 1. The molecule has 0 saturated heterocycles. The zero-order chi connectivity index (χ0) is 19.3. The summed E-state index contributed by atoms with van der Waals surface area (Å²) in [6, 6.07) is 9.94. The van der Waals surface area contributed by atoms with Crippen LogP contribution in [0.3, 0.4) is 0 Å². The molecule has 0 fully saturated rings. The molecule has 0 heterocycles. The Morgan fingerprint density at radius 3 is 1.96 bits per heavy atom. The van der Waals surface area contributed by atoms with Gasteiger partial charge in [-0.05, 0) is 31.2 Å². The van der Waals surface area contributed by atoms with E-state index in [9.17, 15) is 8.42 Å². The molecule has 0 aliphatic carbocycles. The predicted octanol–water partition coefficient (Wildman–Crippen LogP) is 2.68. The lowest BCUT2D eigenvalue weighted by Crippen LogP contribution is -2.21. The Hall–Kier alpha value is -2.74. The van der Waals surface area contributed by atoms with E-state index in [1.807, 2.05) is 6.92 Å². The Bertz CT molecular complexity index is 867. The Balaban J connectivity index is 2.32. The fourth-order valence-electron chi connectivity index (χ4n) is 2.25. The van der Waals surface area contributed by atoms with Gasteiger partial charge in [0.1, 0.15) is 0 Å². The molecule has 0 spiro atoms. The molecule has 0 atom stereocenters. The Kier molecular flexibility index (Phi) is 6.10. The molecule has 26 heavy (non-hydrogen) atoms. The van der Waals surface area contributed by atoms with E-state index in [1.54, 1.807) is 36.4 Å². The third-order valence-electron chi connectivity index (χ3n) is 3.72. The van der Waals surface area contributed by atoms with Crippen LogP contribution in [0.4, 0.5) is 0 Å². The minimum atomic E-state index is -3.72. The molecule has 0 N–H and O–H groups in total. The molecule has 0 aromatic heterocycles. The second-order valence-corrected chi connectivity index (χ2v) is 7.41. The summed E-state index contributed by atoms with van der Waals surface area (Å²) in [6.07, 6.45) is 1.41. The molecule has 0 bridgehead atoms. The molecule has 7 nitrogen and oxygen atoms in total. The van der Waals surface area contributed by atoms with Crippen LogP contribution in [0.2, 0.25) is 0 Å². The van der Waals surface area contributed by atoms with Crippen LogP contribution in [0.15, 0.2) is 46.4 Å². The van der Waals surface area contributed by atoms with Gasteiger partial charge in [0.2, 0.25) is 5.75 Å². The minimum Gasteiger partial charge on any atom is -0.493 e. The van der Waals surface area contributed by atoms with Gasteiger partial charge in [-0.2, -0.15) is 17.9 Å². The van der Waals surface area contributed by atoms with E-state index < -0.39 is 10.0 Å². The summed E-state index contributed by atoms with van der Waals surface area (Å²) in [5, 5.41) is 4.04. The number of methoxy groups -OCH3 is 3. The number of rotatable bonds is 7. The number of benzene rings is 2. The summed E-state index contributed by atoms with van der Waals surface area (Å²) in [6.45, 7) is 1.89. The van der Waals surface area contributed by atoms with Crippen LogP contribution in [0, 0.1) is 6.92 Å². The van der Waals surface area contributed by atoms with Crippen molar-refractivity contribution in [1.82, 2.24) is 4.41 Å². The molecular weight excluding hydrogens is 356 g/mol. The second kappa shape index (κ2) is 8.09. The highest BCUT2D eigenvalue weighted by molar-refractivity contribution is 7.89. The first-order valence-corrected chi connectivity index (χ1v) is 9.17. The van der Waals surface area contributed by atoms with Crippen LogP contribution in [0.5, 0.6) is 17.2 Å². The topological polar surface area (TPSA) is 77.4 Å². The predicted molar refractivity (Wildman–Crippen MR) is 99.8 cm³/mol. The van der Waals surface area contributed by atoms with E-state index in [1.165, 1.54) is 34.6 Å². The Labute approximate surface area is 153 Å². The van der Waals surface area contributed by atoms with Crippen molar-refractivity contribution >= 4 is 16.2 Å². The summed E-state index contributed by atoms with van der Waals surface area (Å²) in [4.78, 5) is 0.174. The van der Waals surface area contributed by atoms with Gasteiger partial charge in [-0.3, -0.25) is 0 Å². The number of sulfonamides is 1. The molecule has 8 heteroatoms. The van der Waals surface area contributed by atoms with Gasteiger partial charge in [-0.15, -0.1) is 0 Å². The van der Waals surface area contributed by atoms with E-state index in [0.717, 1.165) is 9.98 Å². The lowest BCUT2D eigenvalue weighted by Gasteiger charge is -2.15. The highest BCUT2D eigenvalue weighted by Crippen LogP contribution is 2.37. The Morgan fingerprint density at radius 1 is 0.962 bits per heavy atom.